The Labute approximate surface area is 101 Å². The van der Waals surface area contributed by atoms with Gasteiger partial charge in [-0.05, 0) is 18.6 Å². The lowest BCUT2D eigenvalue weighted by atomic mass is 10.0. The number of halogens is 2. The standard InChI is InChI=1S/C13H18F2O2/c1-4-5-6-13(14,15)10-7-11(16-2)9-12(8-10)17-3/h7-9H,4-6H2,1-3H3. The lowest BCUT2D eigenvalue weighted by Gasteiger charge is -2.18. The van der Waals surface area contributed by atoms with Crippen molar-refractivity contribution in [1.82, 2.24) is 0 Å². The minimum atomic E-state index is -2.84. The van der Waals surface area contributed by atoms with E-state index in [1.807, 2.05) is 6.92 Å². The maximum Gasteiger partial charge on any atom is 0.273 e. The maximum absolute atomic E-state index is 13.9. The molecule has 0 spiro atoms. The lowest BCUT2D eigenvalue weighted by Crippen LogP contribution is -2.13. The van der Waals surface area contributed by atoms with Gasteiger partial charge in [-0.15, -0.1) is 0 Å². The Kier molecular flexibility index (Phi) is 4.73. The summed E-state index contributed by atoms with van der Waals surface area (Å²) in [6.45, 7) is 1.89. The zero-order chi connectivity index (χ0) is 12.9. The quantitative estimate of drug-likeness (QED) is 0.753. The van der Waals surface area contributed by atoms with Crippen molar-refractivity contribution >= 4 is 0 Å². The number of methoxy groups -OCH3 is 2. The summed E-state index contributed by atoms with van der Waals surface area (Å²) in [7, 11) is 2.89. The Morgan fingerprint density at radius 3 is 2.00 bits per heavy atom. The average molecular weight is 244 g/mol. The molecule has 0 heterocycles. The molecule has 1 rings (SSSR count). The molecular weight excluding hydrogens is 226 g/mol. The largest absolute Gasteiger partial charge is 0.497 e. The van der Waals surface area contributed by atoms with Crippen LogP contribution in [0.25, 0.3) is 0 Å². The van der Waals surface area contributed by atoms with Crippen molar-refractivity contribution < 1.29 is 18.3 Å². The zero-order valence-corrected chi connectivity index (χ0v) is 10.4. The van der Waals surface area contributed by atoms with Crippen LogP contribution in [-0.4, -0.2) is 14.2 Å². The molecule has 2 nitrogen and oxygen atoms in total. The van der Waals surface area contributed by atoms with Crippen LogP contribution in [0.3, 0.4) is 0 Å². The monoisotopic (exact) mass is 244 g/mol. The van der Waals surface area contributed by atoms with Crippen LogP contribution in [0.1, 0.15) is 31.7 Å². The number of hydrogen-bond donors (Lipinski definition) is 0. The normalized spacial score (nSPS) is 11.4. The molecule has 1 aromatic rings. The van der Waals surface area contributed by atoms with Crippen molar-refractivity contribution in [3.8, 4) is 11.5 Å². The third-order valence-corrected chi connectivity index (χ3v) is 2.62. The van der Waals surface area contributed by atoms with E-state index in [1.165, 1.54) is 26.4 Å². The number of ether oxygens (including phenoxy) is 2. The second-order valence-corrected chi connectivity index (χ2v) is 3.91. The van der Waals surface area contributed by atoms with Crippen molar-refractivity contribution in [1.29, 1.82) is 0 Å². The highest BCUT2D eigenvalue weighted by molar-refractivity contribution is 5.40. The van der Waals surface area contributed by atoms with E-state index in [0.29, 0.717) is 17.9 Å². The molecule has 96 valence electrons. The topological polar surface area (TPSA) is 18.5 Å². The highest BCUT2D eigenvalue weighted by Gasteiger charge is 2.31. The summed E-state index contributed by atoms with van der Waals surface area (Å²) in [6.07, 6.45) is 1.09. The Balaban J connectivity index is 3.02. The molecule has 0 aliphatic carbocycles. The Morgan fingerprint density at radius 1 is 1.06 bits per heavy atom. The van der Waals surface area contributed by atoms with Gasteiger partial charge in [-0.2, -0.15) is 0 Å². The Bertz CT molecular complexity index is 342. The predicted octanol–water partition coefficient (Wildman–Crippen LogP) is 3.99. The molecule has 0 bridgehead atoms. The fourth-order valence-electron chi connectivity index (χ4n) is 1.56. The average Bonchev–Trinajstić information content (AvgIpc) is 2.35. The first-order valence-corrected chi connectivity index (χ1v) is 5.65. The first-order chi connectivity index (χ1) is 8.03. The molecule has 0 aromatic heterocycles. The van der Waals surface area contributed by atoms with E-state index in [-0.39, 0.29) is 12.0 Å². The van der Waals surface area contributed by atoms with E-state index in [2.05, 4.69) is 0 Å². The van der Waals surface area contributed by atoms with Gasteiger partial charge in [0, 0.05) is 18.1 Å². The summed E-state index contributed by atoms with van der Waals surface area (Å²) in [5.74, 6) is -2.07. The Hall–Kier alpha value is -1.32. The first-order valence-electron chi connectivity index (χ1n) is 5.65. The third kappa shape index (κ3) is 3.58. The van der Waals surface area contributed by atoms with Crippen LogP contribution < -0.4 is 9.47 Å². The van der Waals surface area contributed by atoms with Gasteiger partial charge in [0.2, 0.25) is 0 Å². The van der Waals surface area contributed by atoms with Gasteiger partial charge in [-0.1, -0.05) is 13.3 Å². The molecule has 0 aliphatic rings. The molecule has 0 aliphatic heterocycles. The summed E-state index contributed by atoms with van der Waals surface area (Å²) in [4.78, 5) is 0. The first kappa shape index (κ1) is 13.7. The molecule has 0 N–H and O–H groups in total. The number of benzene rings is 1. The second-order valence-electron chi connectivity index (χ2n) is 3.91. The van der Waals surface area contributed by atoms with Crippen molar-refractivity contribution in [2.24, 2.45) is 0 Å². The third-order valence-electron chi connectivity index (χ3n) is 2.62. The number of unbranched alkanes of at least 4 members (excludes halogenated alkanes) is 1. The van der Waals surface area contributed by atoms with Gasteiger partial charge in [-0.3, -0.25) is 0 Å². The predicted molar refractivity (Wildman–Crippen MR) is 63.0 cm³/mol. The summed E-state index contributed by atoms with van der Waals surface area (Å²) in [5.41, 5.74) is -0.0536. The lowest BCUT2D eigenvalue weighted by molar-refractivity contribution is -0.0157. The van der Waals surface area contributed by atoms with Gasteiger partial charge in [0.1, 0.15) is 11.5 Å². The van der Waals surface area contributed by atoms with E-state index in [4.69, 9.17) is 9.47 Å². The zero-order valence-electron chi connectivity index (χ0n) is 10.4. The van der Waals surface area contributed by atoms with Crippen LogP contribution in [0.4, 0.5) is 8.78 Å². The molecule has 0 atom stereocenters. The molecule has 0 saturated carbocycles. The van der Waals surface area contributed by atoms with E-state index in [1.54, 1.807) is 6.07 Å². The molecule has 0 fully saturated rings. The number of hydrogen-bond acceptors (Lipinski definition) is 2. The fourth-order valence-corrected chi connectivity index (χ4v) is 1.56. The molecule has 0 radical (unpaired) electrons. The Morgan fingerprint density at radius 2 is 1.59 bits per heavy atom. The molecule has 4 heteroatoms. The van der Waals surface area contributed by atoms with E-state index in [9.17, 15) is 8.78 Å². The minimum Gasteiger partial charge on any atom is -0.497 e. The summed E-state index contributed by atoms with van der Waals surface area (Å²) in [6, 6.07) is 4.30. The second kappa shape index (κ2) is 5.84. The molecule has 17 heavy (non-hydrogen) atoms. The fraction of sp³-hybridized carbons (Fsp3) is 0.538. The summed E-state index contributed by atoms with van der Waals surface area (Å²) in [5, 5.41) is 0. The van der Waals surface area contributed by atoms with Gasteiger partial charge in [0.15, 0.2) is 0 Å². The van der Waals surface area contributed by atoms with E-state index >= 15 is 0 Å². The van der Waals surface area contributed by atoms with Crippen LogP contribution in [-0.2, 0) is 5.92 Å². The molecule has 1 aromatic carbocycles. The van der Waals surface area contributed by atoms with E-state index < -0.39 is 5.92 Å². The van der Waals surface area contributed by atoms with Crippen LogP contribution in [0.2, 0.25) is 0 Å². The van der Waals surface area contributed by atoms with Gasteiger partial charge in [0.05, 0.1) is 14.2 Å². The SMILES string of the molecule is CCCCC(F)(F)c1cc(OC)cc(OC)c1. The highest BCUT2D eigenvalue weighted by Crippen LogP contribution is 2.37. The van der Waals surface area contributed by atoms with Crippen molar-refractivity contribution in [2.75, 3.05) is 14.2 Å². The summed E-state index contributed by atoms with van der Waals surface area (Å²) >= 11 is 0. The smallest absolute Gasteiger partial charge is 0.273 e. The molecule has 0 saturated heterocycles. The molecular formula is C13H18F2O2. The van der Waals surface area contributed by atoms with Crippen LogP contribution in [0.15, 0.2) is 18.2 Å². The minimum absolute atomic E-state index is 0.0536. The molecule has 0 amide bonds. The number of alkyl halides is 2. The van der Waals surface area contributed by atoms with E-state index in [0.717, 1.165) is 6.42 Å². The van der Waals surface area contributed by atoms with Gasteiger partial charge < -0.3 is 9.47 Å². The maximum atomic E-state index is 13.9. The van der Waals surface area contributed by atoms with Gasteiger partial charge in [-0.25, -0.2) is 8.78 Å². The number of rotatable bonds is 6. The van der Waals surface area contributed by atoms with Crippen LogP contribution >= 0.6 is 0 Å². The van der Waals surface area contributed by atoms with Gasteiger partial charge in [0.25, 0.3) is 5.92 Å². The van der Waals surface area contributed by atoms with Crippen molar-refractivity contribution in [2.45, 2.75) is 32.1 Å². The van der Waals surface area contributed by atoms with Crippen molar-refractivity contribution in [3.63, 3.8) is 0 Å². The van der Waals surface area contributed by atoms with Crippen LogP contribution in [0.5, 0.6) is 11.5 Å². The van der Waals surface area contributed by atoms with Gasteiger partial charge >= 0.3 is 0 Å². The molecule has 0 unspecified atom stereocenters. The van der Waals surface area contributed by atoms with Crippen molar-refractivity contribution in [3.05, 3.63) is 23.8 Å². The summed E-state index contributed by atoms with van der Waals surface area (Å²) < 4.78 is 37.7. The van der Waals surface area contributed by atoms with Crippen LogP contribution in [0, 0.1) is 0 Å². The highest BCUT2D eigenvalue weighted by atomic mass is 19.3.